The summed E-state index contributed by atoms with van der Waals surface area (Å²) in [7, 11) is -3.74. The molecule has 0 aliphatic carbocycles. The molecule has 2 amide bonds. The molecule has 11 heteroatoms. The topological polar surface area (TPSA) is 129 Å². The number of nitrogens with one attached hydrogen (secondary N) is 2. The van der Waals surface area contributed by atoms with Crippen molar-refractivity contribution in [1.29, 1.82) is 5.26 Å². The average Bonchev–Trinajstić information content (AvgIpc) is 2.76. The molecular formula is C20H19ClN4O5S. The molecule has 2 N–H and O–H groups in total. The minimum absolute atomic E-state index is 0.0182. The van der Waals surface area contributed by atoms with Gasteiger partial charge in [0.25, 0.3) is 5.91 Å². The summed E-state index contributed by atoms with van der Waals surface area (Å²) in [5.41, 5.74) is 0.872. The van der Waals surface area contributed by atoms with Crippen LogP contribution in [0.25, 0.3) is 0 Å². The highest BCUT2D eigenvalue weighted by Gasteiger charge is 2.27. The van der Waals surface area contributed by atoms with Gasteiger partial charge in [0.15, 0.2) is 0 Å². The van der Waals surface area contributed by atoms with E-state index in [2.05, 4.69) is 10.6 Å². The van der Waals surface area contributed by atoms with Crippen molar-refractivity contribution in [2.45, 2.75) is 11.3 Å². The first-order chi connectivity index (χ1) is 14.8. The van der Waals surface area contributed by atoms with E-state index in [0.717, 1.165) is 0 Å². The molecule has 162 valence electrons. The molecule has 0 radical (unpaired) electrons. The molecule has 2 aromatic carbocycles. The van der Waals surface area contributed by atoms with E-state index in [1.54, 1.807) is 6.07 Å². The lowest BCUT2D eigenvalue weighted by molar-refractivity contribution is -0.115. The molecule has 0 aromatic heterocycles. The zero-order chi connectivity index (χ0) is 22.4. The van der Waals surface area contributed by atoms with Crippen molar-refractivity contribution in [2.75, 3.05) is 36.9 Å². The number of benzene rings is 2. The Morgan fingerprint density at radius 2 is 1.77 bits per heavy atom. The number of rotatable bonds is 6. The number of hydrogen-bond donors (Lipinski definition) is 2. The van der Waals surface area contributed by atoms with E-state index < -0.39 is 21.8 Å². The summed E-state index contributed by atoms with van der Waals surface area (Å²) in [6.45, 7) is 1.15. The van der Waals surface area contributed by atoms with E-state index in [-0.39, 0.29) is 40.7 Å². The number of halogens is 1. The Morgan fingerprint density at radius 1 is 1.10 bits per heavy atom. The predicted molar refractivity (Wildman–Crippen MR) is 114 cm³/mol. The van der Waals surface area contributed by atoms with E-state index in [9.17, 15) is 18.0 Å². The van der Waals surface area contributed by atoms with Crippen molar-refractivity contribution in [3.63, 3.8) is 0 Å². The zero-order valence-electron chi connectivity index (χ0n) is 16.3. The summed E-state index contributed by atoms with van der Waals surface area (Å²) < 4.78 is 32.2. The summed E-state index contributed by atoms with van der Waals surface area (Å²) in [6.07, 6.45) is -0.273. The number of morpholine rings is 1. The molecule has 1 aliphatic heterocycles. The van der Waals surface area contributed by atoms with Crippen molar-refractivity contribution in [1.82, 2.24) is 4.31 Å². The Bertz CT molecular complexity index is 1120. The Balaban J connectivity index is 1.75. The number of ether oxygens (including phenoxy) is 1. The number of anilines is 2. The van der Waals surface area contributed by atoms with Gasteiger partial charge < -0.3 is 15.4 Å². The van der Waals surface area contributed by atoms with E-state index in [1.165, 1.54) is 46.8 Å². The Hall–Kier alpha value is -2.97. The molecule has 9 nitrogen and oxygen atoms in total. The molecule has 1 heterocycles. The highest BCUT2D eigenvalue weighted by molar-refractivity contribution is 7.89. The minimum atomic E-state index is -3.74. The third-order valence-electron chi connectivity index (χ3n) is 4.46. The third-order valence-corrected chi connectivity index (χ3v) is 6.69. The highest BCUT2D eigenvalue weighted by atomic mass is 35.5. The van der Waals surface area contributed by atoms with Gasteiger partial charge in [-0.3, -0.25) is 9.59 Å². The standard InChI is InChI=1S/C20H19ClN4O5S/c21-17-6-5-16(31(28,29)25-9-11-30-12-10-25)13-18(17)24-20(27)14-1-3-15(4-2-14)23-19(26)7-8-22/h1-6,13H,7,9-12H2,(H,23,26)(H,24,27). The molecule has 1 aliphatic rings. The van der Waals surface area contributed by atoms with E-state index in [0.29, 0.717) is 18.9 Å². The van der Waals surface area contributed by atoms with Crippen LogP contribution >= 0.6 is 11.6 Å². The smallest absolute Gasteiger partial charge is 0.255 e. The maximum Gasteiger partial charge on any atom is 0.255 e. The van der Waals surface area contributed by atoms with Crippen LogP contribution in [0.15, 0.2) is 47.4 Å². The molecule has 0 saturated carbocycles. The Labute approximate surface area is 184 Å². The van der Waals surface area contributed by atoms with Crippen molar-refractivity contribution in [3.8, 4) is 6.07 Å². The van der Waals surface area contributed by atoms with Crippen molar-refractivity contribution in [2.24, 2.45) is 0 Å². The fourth-order valence-corrected chi connectivity index (χ4v) is 4.47. The molecule has 31 heavy (non-hydrogen) atoms. The molecule has 0 atom stereocenters. The largest absolute Gasteiger partial charge is 0.379 e. The van der Waals surface area contributed by atoms with Gasteiger partial charge in [0.2, 0.25) is 15.9 Å². The lowest BCUT2D eigenvalue weighted by Gasteiger charge is -2.26. The molecule has 0 bridgehead atoms. The van der Waals surface area contributed by atoms with E-state index in [1.807, 2.05) is 0 Å². The van der Waals surface area contributed by atoms with Crippen LogP contribution in [0.5, 0.6) is 0 Å². The minimum Gasteiger partial charge on any atom is -0.379 e. The molecule has 0 spiro atoms. The predicted octanol–water partition coefficient (Wildman–Crippen LogP) is 2.47. The van der Waals surface area contributed by atoms with Crippen molar-refractivity contribution >= 4 is 44.8 Å². The second kappa shape index (κ2) is 9.89. The van der Waals surface area contributed by atoms with Crippen LogP contribution in [0.2, 0.25) is 5.02 Å². The van der Waals surface area contributed by atoms with Crippen LogP contribution in [-0.4, -0.2) is 50.8 Å². The summed E-state index contributed by atoms with van der Waals surface area (Å²) in [6, 6.07) is 11.9. The van der Waals surface area contributed by atoms with Gasteiger partial charge in [0, 0.05) is 24.3 Å². The summed E-state index contributed by atoms with van der Waals surface area (Å²) >= 11 is 6.16. The molecule has 3 rings (SSSR count). The van der Waals surface area contributed by atoms with Crippen LogP contribution < -0.4 is 10.6 Å². The maximum absolute atomic E-state index is 12.8. The Morgan fingerprint density at radius 3 is 2.42 bits per heavy atom. The first kappa shape index (κ1) is 22.7. The maximum atomic E-state index is 12.8. The number of carbonyl (C=O) groups is 2. The second-order valence-corrected chi connectivity index (χ2v) is 8.92. The van der Waals surface area contributed by atoms with Gasteiger partial charge in [0.1, 0.15) is 6.42 Å². The van der Waals surface area contributed by atoms with Gasteiger partial charge in [-0.1, -0.05) is 11.6 Å². The van der Waals surface area contributed by atoms with Crippen LogP contribution in [0.1, 0.15) is 16.8 Å². The number of sulfonamides is 1. The number of nitrogens with zero attached hydrogens (tertiary/aromatic N) is 2. The number of amides is 2. The van der Waals surface area contributed by atoms with Crippen molar-refractivity contribution in [3.05, 3.63) is 53.1 Å². The van der Waals surface area contributed by atoms with Crippen LogP contribution in [-0.2, 0) is 19.6 Å². The molecule has 2 aromatic rings. The molecule has 1 saturated heterocycles. The second-order valence-electron chi connectivity index (χ2n) is 6.57. The number of carbonyl (C=O) groups excluding carboxylic acids is 2. The third kappa shape index (κ3) is 5.59. The first-order valence-electron chi connectivity index (χ1n) is 9.27. The zero-order valence-corrected chi connectivity index (χ0v) is 17.9. The van der Waals surface area contributed by atoms with Gasteiger partial charge in [-0.25, -0.2) is 8.42 Å². The number of hydrogen-bond acceptors (Lipinski definition) is 6. The van der Waals surface area contributed by atoms with Gasteiger partial charge >= 0.3 is 0 Å². The van der Waals surface area contributed by atoms with Gasteiger partial charge in [0.05, 0.1) is 34.9 Å². The fraction of sp³-hybridized carbons (Fsp3) is 0.250. The fourth-order valence-electron chi connectivity index (χ4n) is 2.87. The van der Waals surface area contributed by atoms with E-state index >= 15 is 0 Å². The molecule has 0 unspecified atom stereocenters. The lowest BCUT2D eigenvalue weighted by atomic mass is 10.2. The first-order valence-corrected chi connectivity index (χ1v) is 11.1. The van der Waals surface area contributed by atoms with Gasteiger partial charge in [-0.05, 0) is 42.5 Å². The molecular weight excluding hydrogens is 444 g/mol. The van der Waals surface area contributed by atoms with Crippen LogP contribution in [0.3, 0.4) is 0 Å². The highest BCUT2D eigenvalue weighted by Crippen LogP contribution is 2.28. The summed E-state index contributed by atoms with van der Waals surface area (Å²) in [5.74, 6) is -0.956. The lowest BCUT2D eigenvalue weighted by Crippen LogP contribution is -2.40. The van der Waals surface area contributed by atoms with Gasteiger partial charge in [-0.15, -0.1) is 0 Å². The Kier molecular flexibility index (Phi) is 7.25. The van der Waals surface area contributed by atoms with E-state index in [4.69, 9.17) is 21.6 Å². The average molecular weight is 463 g/mol. The summed E-state index contributed by atoms with van der Waals surface area (Å²) in [5, 5.41) is 13.8. The van der Waals surface area contributed by atoms with Crippen LogP contribution in [0, 0.1) is 11.3 Å². The molecule has 1 fully saturated rings. The van der Waals surface area contributed by atoms with Crippen molar-refractivity contribution < 1.29 is 22.7 Å². The monoisotopic (exact) mass is 462 g/mol. The van der Waals surface area contributed by atoms with Gasteiger partial charge in [-0.2, -0.15) is 9.57 Å². The summed E-state index contributed by atoms with van der Waals surface area (Å²) in [4.78, 5) is 24.1. The van der Waals surface area contributed by atoms with Crippen LogP contribution in [0.4, 0.5) is 11.4 Å². The normalized spacial score (nSPS) is 14.5. The number of nitriles is 1. The quantitative estimate of drug-likeness (QED) is 0.678. The SMILES string of the molecule is N#CCC(=O)Nc1ccc(C(=O)Nc2cc(S(=O)(=O)N3CCOCC3)ccc2Cl)cc1.